The largest absolute Gasteiger partial charge is 0.331 e. The first-order valence-corrected chi connectivity index (χ1v) is 8.00. The Bertz CT molecular complexity index is 506. The molecule has 4 nitrogen and oxygen atoms in total. The molecule has 3 rings (SSSR count). The maximum absolute atomic E-state index is 12.3. The molecule has 20 heavy (non-hydrogen) atoms. The van der Waals surface area contributed by atoms with Crippen LogP contribution in [0, 0.1) is 0 Å². The molecule has 2 amide bonds. The van der Waals surface area contributed by atoms with Gasteiger partial charge < -0.3 is 9.80 Å². The Kier molecular flexibility index (Phi) is 3.96. The number of carbonyl (C=O) groups is 2. The summed E-state index contributed by atoms with van der Waals surface area (Å²) in [6, 6.07) is 9.95. The first kappa shape index (κ1) is 13.5. The third kappa shape index (κ3) is 2.68. The van der Waals surface area contributed by atoms with Gasteiger partial charge in [0, 0.05) is 23.7 Å². The van der Waals surface area contributed by atoms with Gasteiger partial charge in [-0.3, -0.25) is 9.59 Å². The van der Waals surface area contributed by atoms with Gasteiger partial charge in [0.1, 0.15) is 6.04 Å². The highest BCUT2D eigenvalue weighted by atomic mass is 32.2. The van der Waals surface area contributed by atoms with Crippen molar-refractivity contribution in [3.05, 3.63) is 30.3 Å². The molecule has 2 saturated heterocycles. The Morgan fingerprint density at radius 3 is 2.80 bits per heavy atom. The lowest BCUT2D eigenvalue weighted by atomic mass is 10.1. The summed E-state index contributed by atoms with van der Waals surface area (Å²) in [5.74, 6) is 1.07. The second-order valence-electron chi connectivity index (χ2n) is 5.17. The third-order valence-corrected chi connectivity index (χ3v) is 4.86. The minimum absolute atomic E-state index is 0.108. The summed E-state index contributed by atoms with van der Waals surface area (Å²) in [6.45, 7) is 1.65. The molecule has 2 aliphatic rings. The maximum atomic E-state index is 12.3. The molecule has 1 aromatic carbocycles. The van der Waals surface area contributed by atoms with Crippen LogP contribution in [0.5, 0.6) is 0 Å². The van der Waals surface area contributed by atoms with Gasteiger partial charge in [-0.2, -0.15) is 0 Å². The smallest absolute Gasteiger partial charge is 0.245 e. The van der Waals surface area contributed by atoms with Gasteiger partial charge >= 0.3 is 0 Å². The monoisotopic (exact) mass is 290 g/mol. The Morgan fingerprint density at radius 2 is 2.00 bits per heavy atom. The number of carbonyl (C=O) groups excluding carboxylic acids is 2. The number of piperazine rings is 1. The number of nitrogens with zero attached hydrogens (tertiary/aromatic N) is 2. The van der Waals surface area contributed by atoms with Crippen LogP contribution >= 0.6 is 11.8 Å². The molecule has 1 aromatic rings. The van der Waals surface area contributed by atoms with Crippen LogP contribution in [0.4, 0.5) is 0 Å². The highest BCUT2D eigenvalue weighted by molar-refractivity contribution is 7.99. The molecule has 5 heteroatoms. The average molecular weight is 290 g/mol. The van der Waals surface area contributed by atoms with Crippen molar-refractivity contribution in [2.24, 2.45) is 0 Å². The van der Waals surface area contributed by atoms with E-state index in [1.807, 2.05) is 18.2 Å². The summed E-state index contributed by atoms with van der Waals surface area (Å²) in [5, 5.41) is 0. The molecule has 1 atom stereocenters. The number of thioether (sulfide) groups is 1. The van der Waals surface area contributed by atoms with Crippen LogP contribution in [0.1, 0.15) is 12.8 Å². The van der Waals surface area contributed by atoms with E-state index < -0.39 is 0 Å². The van der Waals surface area contributed by atoms with Crippen molar-refractivity contribution in [2.75, 3.05) is 25.4 Å². The van der Waals surface area contributed by atoms with E-state index in [1.165, 1.54) is 4.90 Å². The molecule has 2 heterocycles. The number of hydrogen-bond donors (Lipinski definition) is 0. The van der Waals surface area contributed by atoms with E-state index in [2.05, 4.69) is 12.1 Å². The summed E-state index contributed by atoms with van der Waals surface area (Å²) in [5.41, 5.74) is 0. The second kappa shape index (κ2) is 5.87. The number of fused-ring (bicyclic) bond motifs is 1. The van der Waals surface area contributed by atoms with Crippen molar-refractivity contribution in [1.82, 2.24) is 9.80 Å². The number of benzene rings is 1. The standard InChI is InChI=1S/C15H18N2O2S/c18-14-11-16(15(19)13-7-4-8-17(13)14)9-10-20-12-5-2-1-3-6-12/h1-3,5-6,13H,4,7-11H2/t13-/m0/s1. The van der Waals surface area contributed by atoms with Gasteiger partial charge in [-0.15, -0.1) is 11.8 Å². The Labute approximate surface area is 123 Å². The van der Waals surface area contributed by atoms with Crippen molar-refractivity contribution in [3.63, 3.8) is 0 Å². The van der Waals surface area contributed by atoms with Gasteiger partial charge in [-0.05, 0) is 25.0 Å². The van der Waals surface area contributed by atoms with Crippen LogP contribution < -0.4 is 0 Å². The van der Waals surface area contributed by atoms with E-state index in [9.17, 15) is 9.59 Å². The minimum Gasteiger partial charge on any atom is -0.331 e. The van der Waals surface area contributed by atoms with Gasteiger partial charge in [-0.1, -0.05) is 18.2 Å². The summed E-state index contributed by atoms with van der Waals surface area (Å²) >= 11 is 1.72. The number of rotatable bonds is 4. The van der Waals surface area contributed by atoms with Crippen molar-refractivity contribution >= 4 is 23.6 Å². The molecule has 0 saturated carbocycles. The molecule has 106 valence electrons. The van der Waals surface area contributed by atoms with E-state index in [0.29, 0.717) is 6.54 Å². The lowest BCUT2D eigenvalue weighted by Crippen LogP contribution is -2.57. The topological polar surface area (TPSA) is 40.6 Å². The van der Waals surface area contributed by atoms with Gasteiger partial charge in [0.25, 0.3) is 0 Å². The Morgan fingerprint density at radius 1 is 1.20 bits per heavy atom. The zero-order valence-corrected chi connectivity index (χ0v) is 12.1. The van der Waals surface area contributed by atoms with E-state index in [0.717, 1.165) is 25.1 Å². The predicted molar refractivity (Wildman–Crippen MR) is 78.5 cm³/mol. The van der Waals surface area contributed by atoms with Gasteiger partial charge in [0.2, 0.25) is 11.8 Å². The van der Waals surface area contributed by atoms with Crippen LogP contribution in [-0.2, 0) is 9.59 Å². The predicted octanol–water partition coefficient (Wildman–Crippen LogP) is 1.61. The first-order chi connectivity index (χ1) is 9.75. The minimum atomic E-state index is -0.182. The highest BCUT2D eigenvalue weighted by Crippen LogP contribution is 2.24. The fourth-order valence-corrected chi connectivity index (χ4v) is 3.74. The molecule has 2 fully saturated rings. The Hall–Kier alpha value is -1.49. The van der Waals surface area contributed by atoms with Gasteiger partial charge in [0.05, 0.1) is 6.54 Å². The summed E-state index contributed by atoms with van der Waals surface area (Å²) in [4.78, 5) is 29.0. The lowest BCUT2D eigenvalue weighted by Gasteiger charge is -2.36. The normalized spacial score (nSPS) is 22.3. The van der Waals surface area contributed by atoms with Crippen LogP contribution in [0.3, 0.4) is 0 Å². The summed E-state index contributed by atoms with van der Waals surface area (Å²) < 4.78 is 0. The number of amides is 2. The molecule has 0 spiro atoms. The van der Waals surface area contributed by atoms with Crippen LogP contribution in [0.15, 0.2) is 35.2 Å². The Balaban J connectivity index is 1.55. The SMILES string of the molecule is O=C1[C@@H]2CCCN2C(=O)CN1CCSc1ccccc1. The fraction of sp³-hybridized carbons (Fsp3) is 0.467. The third-order valence-electron chi connectivity index (χ3n) is 3.87. The molecule has 2 aliphatic heterocycles. The quantitative estimate of drug-likeness (QED) is 0.791. The molecular weight excluding hydrogens is 272 g/mol. The first-order valence-electron chi connectivity index (χ1n) is 7.02. The molecule has 0 aliphatic carbocycles. The molecular formula is C15H18N2O2S. The lowest BCUT2D eigenvalue weighted by molar-refractivity contribution is -0.153. The maximum Gasteiger partial charge on any atom is 0.245 e. The van der Waals surface area contributed by atoms with E-state index >= 15 is 0 Å². The number of hydrogen-bond acceptors (Lipinski definition) is 3. The molecule has 0 N–H and O–H groups in total. The van der Waals surface area contributed by atoms with Crippen LogP contribution in [0.25, 0.3) is 0 Å². The van der Waals surface area contributed by atoms with Crippen molar-refractivity contribution in [2.45, 2.75) is 23.8 Å². The van der Waals surface area contributed by atoms with E-state index in [4.69, 9.17) is 0 Å². The highest BCUT2D eigenvalue weighted by Gasteiger charge is 2.41. The molecule has 0 bridgehead atoms. The molecule has 0 radical (unpaired) electrons. The van der Waals surface area contributed by atoms with E-state index in [-0.39, 0.29) is 24.4 Å². The zero-order chi connectivity index (χ0) is 13.9. The summed E-state index contributed by atoms with van der Waals surface area (Å²) in [7, 11) is 0. The van der Waals surface area contributed by atoms with Crippen molar-refractivity contribution in [1.29, 1.82) is 0 Å². The van der Waals surface area contributed by atoms with Crippen LogP contribution in [0.2, 0.25) is 0 Å². The second-order valence-corrected chi connectivity index (χ2v) is 6.33. The zero-order valence-electron chi connectivity index (χ0n) is 11.3. The summed E-state index contributed by atoms with van der Waals surface area (Å²) in [6.07, 6.45) is 1.78. The fourth-order valence-electron chi connectivity index (χ4n) is 2.84. The van der Waals surface area contributed by atoms with E-state index in [1.54, 1.807) is 21.6 Å². The van der Waals surface area contributed by atoms with Crippen molar-refractivity contribution < 1.29 is 9.59 Å². The molecule has 0 unspecified atom stereocenters. The van der Waals surface area contributed by atoms with Crippen LogP contribution in [-0.4, -0.2) is 53.0 Å². The van der Waals surface area contributed by atoms with Gasteiger partial charge in [0.15, 0.2) is 0 Å². The molecule has 0 aromatic heterocycles. The average Bonchev–Trinajstić information content (AvgIpc) is 2.95. The van der Waals surface area contributed by atoms with Crippen molar-refractivity contribution in [3.8, 4) is 0 Å². The van der Waals surface area contributed by atoms with Gasteiger partial charge in [-0.25, -0.2) is 0 Å².